The molecule has 3 N–H and O–H groups in total. The summed E-state index contributed by atoms with van der Waals surface area (Å²) in [6, 6.07) is 17.8. The highest BCUT2D eigenvalue weighted by Gasteiger charge is 2.20. The van der Waals surface area contributed by atoms with Crippen LogP contribution in [-0.2, 0) is 9.47 Å². The molecule has 0 atom stereocenters. The molecule has 6 aromatic rings. The predicted molar refractivity (Wildman–Crippen MR) is 180 cm³/mol. The van der Waals surface area contributed by atoms with E-state index in [9.17, 15) is 9.59 Å². The Balaban J connectivity index is 0.000000173. The Morgan fingerprint density at radius 2 is 1.43 bits per heavy atom. The molecule has 0 bridgehead atoms. The van der Waals surface area contributed by atoms with Crippen molar-refractivity contribution in [3.05, 3.63) is 93.4 Å². The zero-order valence-corrected chi connectivity index (χ0v) is 28.5. The number of methoxy groups -OCH3 is 4. The Labute approximate surface area is 285 Å². The molecule has 0 saturated carbocycles. The highest BCUT2D eigenvalue weighted by Crippen LogP contribution is 2.26. The number of pyridine rings is 2. The molecule has 0 spiro atoms. The Morgan fingerprint density at radius 1 is 0.809 bits per heavy atom. The van der Waals surface area contributed by atoms with Crippen molar-refractivity contribution in [2.24, 2.45) is 0 Å². The number of nitrogens with zero attached hydrogens (tertiary/aromatic N) is 5. The third kappa shape index (κ3) is 8.50. The summed E-state index contributed by atoms with van der Waals surface area (Å²) < 4.78 is 22.9. The third-order valence-corrected chi connectivity index (χ3v) is 7.31. The summed E-state index contributed by atoms with van der Waals surface area (Å²) >= 11 is 6.63. The minimum Gasteiger partial charge on any atom is -0.495 e. The molecule has 4 heterocycles. The first kappa shape index (κ1) is 35.0. The van der Waals surface area contributed by atoms with Crippen LogP contribution in [0, 0.1) is 0 Å². The molecule has 0 fully saturated rings. The monoisotopic (exact) mass is 768 g/mol. The topological polar surface area (TPSA) is 184 Å². The average molecular weight is 770 g/mol. The Kier molecular flexibility index (Phi) is 12.0. The van der Waals surface area contributed by atoms with Crippen LogP contribution in [0.1, 0.15) is 21.0 Å². The van der Waals surface area contributed by atoms with Crippen LogP contribution in [0.15, 0.2) is 82.0 Å². The van der Waals surface area contributed by atoms with Crippen molar-refractivity contribution in [2.45, 2.75) is 0 Å². The van der Waals surface area contributed by atoms with E-state index in [0.717, 1.165) is 14.6 Å². The molecule has 0 saturated heterocycles. The van der Waals surface area contributed by atoms with Crippen LogP contribution in [0.3, 0.4) is 0 Å². The van der Waals surface area contributed by atoms with Gasteiger partial charge in [0.05, 0.1) is 57.3 Å². The van der Waals surface area contributed by atoms with Crippen molar-refractivity contribution >= 4 is 78.4 Å². The SMILES string of the molecule is COC(=O)c1[nH]nc2ncc(OC)cc12.COC(=O)c1nn(-c2cccc(Br)c2)c2ncc(OC)cc12.OB(O)c1cccc(Br)c1. The number of aromatic nitrogens is 6. The van der Waals surface area contributed by atoms with Crippen molar-refractivity contribution in [3.63, 3.8) is 0 Å². The second-order valence-electron chi connectivity index (χ2n) is 9.24. The van der Waals surface area contributed by atoms with Gasteiger partial charge in [0.1, 0.15) is 11.5 Å². The molecule has 0 aliphatic rings. The van der Waals surface area contributed by atoms with Crippen LogP contribution >= 0.6 is 31.9 Å². The Hall–Kier alpha value is -4.84. The van der Waals surface area contributed by atoms with Crippen LogP contribution < -0.4 is 14.9 Å². The molecular formula is C30H27BBr2N6O8. The van der Waals surface area contributed by atoms with Crippen LogP contribution in [0.25, 0.3) is 27.8 Å². The van der Waals surface area contributed by atoms with Gasteiger partial charge in [0.25, 0.3) is 0 Å². The molecular weight excluding hydrogens is 743 g/mol. The summed E-state index contributed by atoms with van der Waals surface area (Å²) in [5.41, 5.74) is 2.76. The lowest BCUT2D eigenvalue weighted by Crippen LogP contribution is -2.29. The van der Waals surface area contributed by atoms with Gasteiger partial charge in [-0.2, -0.15) is 10.2 Å². The zero-order chi connectivity index (χ0) is 34.1. The van der Waals surface area contributed by atoms with Crippen LogP contribution in [-0.4, -0.2) is 87.5 Å². The standard InChI is InChI=1S/C15H12BrN3O3.C9H9N3O3.C6H6BBrO2/c1-21-11-7-12-13(15(20)22-2)18-19(14(12)17-8-11)10-5-3-4-9(16)6-10;1-14-5-3-6-7(9(13)15-2)11-12-8(6)10-4-5;8-6-3-1-2-5(4-6)7(9)10/h3-8H,1-2H3;3-4H,1-2H3,(H,10,11,12);1-4,9-10H. The first-order valence-electron chi connectivity index (χ1n) is 13.4. The van der Waals surface area contributed by atoms with Crippen molar-refractivity contribution in [1.29, 1.82) is 0 Å². The van der Waals surface area contributed by atoms with Crippen molar-refractivity contribution in [1.82, 2.24) is 29.9 Å². The normalized spacial score (nSPS) is 10.3. The molecule has 0 aliphatic carbocycles. The summed E-state index contributed by atoms with van der Waals surface area (Å²) in [5, 5.41) is 29.3. The fourth-order valence-electron chi connectivity index (χ4n) is 4.05. The molecule has 242 valence electrons. The molecule has 4 aromatic heterocycles. The number of rotatable bonds is 6. The van der Waals surface area contributed by atoms with Gasteiger partial charge in [-0.3, -0.25) is 5.10 Å². The second-order valence-corrected chi connectivity index (χ2v) is 11.1. The maximum absolute atomic E-state index is 12.0. The molecule has 14 nitrogen and oxygen atoms in total. The van der Waals surface area contributed by atoms with Crippen molar-refractivity contribution in [2.75, 3.05) is 28.4 Å². The molecule has 47 heavy (non-hydrogen) atoms. The van der Waals surface area contributed by atoms with Crippen molar-refractivity contribution < 1.29 is 38.6 Å². The van der Waals surface area contributed by atoms with Gasteiger partial charge in [0, 0.05) is 8.95 Å². The number of ether oxygens (including phenoxy) is 4. The summed E-state index contributed by atoms with van der Waals surface area (Å²) in [6.45, 7) is 0. The van der Waals surface area contributed by atoms with Gasteiger partial charge >= 0.3 is 19.1 Å². The van der Waals surface area contributed by atoms with Gasteiger partial charge in [-0.15, -0.1) is 0 Å². The van der Waals surface area contributed by atoms with Crippen LogP contribution in [0.5, 0.6) is 11.5 Å². The van der Waals surface area contributed by atoms with E-state index in [2.05, 4.69) is 61.9 Å². The second kappa shape index (κ2) is 16.1. The number of esters is 2. The zero-order valence-electron chi connectivity index (χ0n) is 25.3. The smallest absolute Gasteiger partial charge is 0.488 e. The summed E-state index contributed by atoms with van der Waals surface area (Å²) in [7, 11) is 4.32. The molecule has 0 amide bonds. The lowest BCUT2D eigenvalue weighted by molar-refractivity contribution is 0.0587. The number of hydrogen-bond donors (Lipinski definition) is 3. The first-order valence-corrected chi connectivity index (χ1v) is 15.0. The number of halogens is 2. The van der Waals surface area contributed by atoms with E-state index < -0.39 is 19.1 Å². The maximum atomic E-state index is 12.0. The molecule has 2 aromatic carbocycles. The molecule has 0 aliphatic heterocycles. The van der Waals surface area contributed by atoms with E-state index in [0.29, 0.717) is 39.0 Å². The van der Waals surface area contributed by atoms with E-state index >= 15 is 0 Å². The number of carbonyl (C=O) groups is 2. The van der Waals surface area contributed by atoms with Gasteiger partial charge in [-0.05, 0) is 47.9 Å². The predicted octanol–water partition coefficient (Wildman–Crippen LogP) is 3.86. The fraction of sp³-hybridized carbons (Fsp3) is 0.133. The summed E-state index contributed by atoms with van der Waals surface area (Å²) in [5.74, 6) is 0.113. The van der Waals surface area contributed by atoms with E-state index in [4.69, 9.17) is 24.3 Å². The minimum atomic E-state index is -1.38. The van der Waals surface area contributed by atoms with E-state index in [1.54, 1.807) is 48.3 Å². The number of fused-ring (bicyclic) bond motifs is 2. The molecule has 6 rings (SSSR count). The molecule has 0 radical (unpaired) electrons. The average Bonchev–Trinajstić information content (AvgIpc) is 3.69. The van der Waals surface area contributed by atoms with Gasteiger partial charge in [0.15, 0.2) is 22.7 Å². The van der Waals surface area contributed by atoms with E-state index in [1.165, 1.54) is 27.5 Å². The maximum Gasteiger partial charge on any atom is 0.488 e. The van der Waals surface area contributed by atoms with Gasteiger partial charge in [-0.1, -0.05) is 50.1 Å². The van der Waals surface area contributed by atoms with Crippen molar-refractivity contribution in [3.8, 4) is 17.2 Å². The lowest BCUT2D eigenvalue weighted by atomic mass is 9.81. The van der Waals surface area contributed by atoms with Gasteiger partial charge < -0.3 is 29.0 Å². The number of benzene rings is 2. The third-order valence-electron chi connectivity index (χ3n) is 6.32. The summed E-state index contributed by atoms with van der Waals surface area (Å²) in [4.78, 5) is 31.7. The van der Waals surface area contributed by atoms with E-state index in [-0.39, 0.29) is 11.4 Å². The number of nitrogens with one attached hydrogen (secondary N) is 1. The van der Waals surface area contributed by atoms with Gasteiger partial charge in [-0.25, -0.2) is 24.2 Å². The minimum absolute atomic E-state index is 0.198. The van der Waals surface area contributed by atoms with Crippen LogP contribution in [0.4, 0.5) is 0 Å². The Morgan fingerprint density at radius 3 is 2.00 bits per heavy atom. The molecule has 0 unspecified atom stereocenters. The quantitative estimate of drug-likeness (QED) is 0.165. The largest absolute Gasteiger partial charge is 0.495 e. The lowest BCUT2D eigenvalue weighted by Gasteiger charge is -2.03. The highest BCUT2D eigenvalue weighted by atomic mass is 79.9. The number of aromatic amines is 1. The highest BCUT2D eigenvalue weighted by molar-refractivity contribution is 9.10. The van der Waals surface area contributed by atoms with Gasteiger partial charge in [0.2, 0.25) is 0 Å². The number of hydrogen-bond acceptors (Lipinski definition) is 12. The first-order chi connectivity index (χ1) is 22.6. The Bertz CT molecular complexity index is 2020. The number of carbonyl (C=O) groups excluding carboxylic acids is 2. The van der Waals surface area contributed by atoms with E-state index in [1.807, 2.05) is 30.3 Å². The summed E-state index contributed by atoms with van der Waals surface area (Å²) in [6.07, 6.45) is 3.11. The molecule has 17 heteroatoms. The van der Waals surface area contributed by atoms with Crippen LogP contribution in [0.2, 0.25) is 0 Å². The fourth-order valence-corrected chi connectivity index (χ4v) is 4.85. The number of H-pyrrole nitrogens is 1.